The summed E-state index contributed by atoms with van der Waals surface area (Å²) in [4.78, 5) is 16.8. The third-order valence-corrected chi connectivity index (χ3v) is 5.18. The van der Waals surface area contributed by atoms with Crippen molar-refractivity contribution >= 4 is 44.8 Å². The molecule has 0 aliphatic carbocycles. The second-order valence-corrected chi connectivity index (χ2v) is 6.78. The van der Waals surface area contributed by atoms with Crippen molar-refractivity contribution in [3.63, 3.8) is 0 Å². The van der Waals surface area contributed by atoms with Gasteiger partial charge in [0.15, 0.2) is 10.8 Å². The molecule has 1 amide bonds. The number of nitrogens with zero attached hydrogens (tertiary/aromatic N) is 1. The van der Waals surface area contributed by atoms with Crippen LogP contribution in [0.1, 0.15) is 11.3 Å². The Bertz CT molecular complexity index is 1120. The molecule has 120 valence electrons. The van der Waals surface area contributed by atoms with E-state index in [1.54, 1.807) is 17.4 Å². The minimum Gasteiger partial charge on any atom is -0.454 e. The number of amides is 1. The number of benzene rings is 2. The van der Waals surface area contributed by atoms with Gasteiger partial charge in [0, 0.05) is 11.3 Å². The van der Waals surface area contributed by atoms with Gasteiger partial charge in [0.05, 0.1) is 15.8 Å². The molecule has 2 aromatic heterocycles. The number of carbonyl (C=O) groups excluding carboxylic acids is 1. The molecule has 3 heterocycles. The predicted octanol–water partition coefficient (Wildman–Crippen LogP) is 5.05. The maximum Gasteiger partial charge on any atom is 0.256 e. The standard InChI is InChI=1S/C20H12N2O2S/c23-19-14(13-5-1-2-6-15(13)21-19)11-12-9-10-17(24-12)20-22-16-7-3-4-8-18(16)25-20/h1-11H,(H,21,23)/b14-11+. The fourth-order valence-corrected chi connectivity index (χ4v) is 3.87. The normalized spacial score (nSPS) is 14.9. The molecule has 0 fully saturated rings. The van der Waals surface area contributed by atoms with Crippen LogP contribution in [0.2, 0.25) is 0 Å². The number of aromatic nitrogens is 1. The minimum atomic E-state index is -0.112. The van der Waals surface area contributed by atoms with E-state index in [0.29, 0.717) is 17.1 Å². The van der Waals surface area contributed by atoms with Crippen LogP contribution in [-0.2, 0) is 4.79 Å². The summed E-state index contributed by atoms with van der Waals surface area (Å²) in [7, 11) is 0. The molecule has 25 heavy (non-hydrogen) atoms. The van der Waals surface area contributed by atoms with Crippen molar-refractivity contribution in [2.24, 2.45) is 0 Å². The summed E-state index contributed by atoms with van der Waals surface area (Å²) in [5.74, 6) is 1.23. The molecule has 4 nitrogen and oxygen atoms in total. The highest BCUT2D eigenvalue weighted by Crippen LogP contribution is 2.35. The molecule has 0 saturated carbocycles. The van der Waals surface area contributed by atoms with Gasteiger partial charge in [0.1, 0.15) is 5.76 Å². The van der Waals surface area contributed by atoms with Crippen molar-refractivity contribution in [1.29, 1.82) is 0 Å². The number of fused-ring (bicyclic) bond motifs is 2. The maximum atomic E-state index is 12.2. The Balaban J connectivity index is 1.54. The Kier molecular flexibility index (Phi) is 3.08. The van der Waals surface area contributed by atoms with Crippen LogP contribution in [0.5, 0.6) is 0 Å². The number of rotatable bonds is 2. The van der Waals surface area contributed by atoms with Gasteiger partial charge in [-0.15, -0.1) is 11.3 Å². The van der Waals surface area contributed by atoms with Crippen molar-refractivity contribution in [2.45, 2.75) is 0 Å². The Morgan fingerprint density at radius 3 is 2.76 bits per heavy atom. The fourth-order valence-electron chi connectivity index (χ4n) is 2.95. The summed E-state index contributed by atoms with van der Waals surface area (Å²) < 4.78 is 7.04. The maximum absolute atomic E-state index is 12.2. The molecule has 0 unspecified atom stereocenters. The number of furan rings is 1. The highest BCUT2D eigenvalue weighted by atomic mass is 32.1. The van der Waals surface area contributed by atoms with E-state index in [4.69, 9.17) is 4.42 Å². The summed E-state index contributed by atoms with van der Waals surface area (Å²) in [5, 5.41) is 3.70. The van der Waals surface area contributed by atoms with Crippen molar-refractivity contribution < 1.29 is 9.21 Å². The van der Waals surface area contributed by atoms with Gasteiger partial charge in [-0.05, 0) is 36.4 Å². The molecule has 4 aromatic rings. The van der Waals surface area contributed by atoms with Crippen LogP contribution in [0.15, 0.2) is 65.1 Å². The molecule has 0 spiro atoms. The highest BCUT2D eigenvalue weighted by molar-refractivity contribution is 7.21. The molecule has 1 N–H and O–H groups in total. The molecular weight excluding hydrogens is 332 g/mol. The second-order valence-electron chi connectivity index (χ2n) is 5.75. The lowest BCUT2D eigenvalue weighted by Crippen LogP contribution is -2.03. The molecule has 0 bridgehead atoms. The van der Waals surface area contributed by atoms with E-state index in [1.165, 1.54) is 0 Å². The van der Waals surface area contributed by atoms with Crippen molar-refractivity contribution in [2.75, 3.05) is 5.32 Å². The van der Waals surface area contributed by atoms with Gasteiger partial charge < -0.3 is 9.73 Å². The SMILES string of the molecule is O=C1Nc2ccccc2/C1=C\c1ccc(-c2nc3ccccc3s2)o1. The number of hydrogen-bond acceptors (Lipinski definition) is 4. The molecule has 0 saturated heterocycles. The summed E-state index contributed by atoms with van der Waals surface area (Å²) in [5.41, 5.74) is 3.30. The first-order valence-electron chi connectivity index (χ1n) is 7.86. The topological polar surface area (TPSA) is 55.1 Å². The minimum absolute atomic E-state index is 0.112. The molecule has 0 radical (unpaired) electrons. The molecule has 5 rings (SSSR count). The van der Waals surface area contributed by atoms with E-state index in [1.807, 2.05) is 60.7 Å². The van der Waals surface area contributed by atoms with Gasteiger partial charge in [0.25, 0.3) is 5.91 Å². The second kappa shape index (κ2) is 5.43. The average molecular weight is 344 g/mol. The summed E-state index contributed by atoms with van der Waals surface area (Å²) in [6.45, 7) is 0. The molecular formula is C20H12N2O2S. The van der Waals surface area contributed by atoms with Crippen LogP contribution in [0.4, 0.5) is 5.69 Å². The van der Waals surface area contributed by atoms with E-state index < -0.39 is 0 Å². The monoisotopic (exact) mass is 344 g/mol. The molecule has 0 atom stereocenters. The third-order valence-electron chi connectivity index (χ3n) is 4.13. The molecule has 2 aromatic carbocycles. The molecule has 5 heteroatoms. The number of nitrogens with one attached hydrogen (secondary N) is 1. The number of hydrogen-bond donors (Lipinski definition) is 1. The quantitative estimate of drug-likeness (QED) is 0.518. The van der Waals surface area contributed by atoms with Crippen molar-refractivity contribution in [3.05, 3.63) is 72.0 Å². The molecule has 1 aliphatic heterocycles. The van der Waals surface area contributed by atoms with Gasteiger partial charge in [-0.3, -0.25) is 4.79 Å². The van der Waals surface area contributed by atoms with E-state index in [9.17, 15) is 4.79 Å². The van der Waals surface area contributed by atoms with E-state index in [2.05, 4.69) is 10.3 Å². The van der Waals surface area contributed by atoms with Crippen LogP contribution in [-0.4, -0.2) is 10.9 Å². The van der Waals surface area contributed by atoms with Crippen LogP contribution in [0, 0.1) is 0 Å². The average Bonchev–Trinajstić information content (AvgIpc) is 3.33. The van der Waals surface area contributed by atoms with Gasteiger partial charge in [0.2, 0.25) is 0 Å². The van der Waals surface area contributed by atoms with Gasteiger partial charge in [-0.25, -0.2) is 4.98 Å². The van der Waals surface area contributed by atoms with E-state index in [0.717, 1.165) is 26.5 Å². The fraction of sp³-hybridized carbons (Fsp3) is 0. The largest absolute Gasteiger partial charge is 0.454 e. The van der Waals surface area contributed by atoms with E-state index in [-0.39, 0.29) is 5.91 Å². The Morgan fingerprint density at radius 1 is 1.00 bits per heavy atom. The van der Waals surface area contributed by atoms with Crippen LogP contribution >= 0.6 is 11.3 Å². The van der Waals surface area contributed by atoms with Crippen LogP contribution in [0.25, 0.3) is 32.6 Å². The first-order chi connectivity index (χ1) is 12.3. The zero-order valence-corrected chi connectivity index (χ0v) is 13.8. The van der Waals surface area contributed by atoms with Crippen molar-refractivity contribution in [3.8, 4) is 10.8 Å². The lowest BCUT2D eigenvalue weighted by Gasteiger charge is -1.96. The Hall–Kier alpha value is -3.18. The number of anilines is 1. The zero-order valence-electron chi connectivity index (χ0n) is 13.0. The zero-order chi connectivity index (χ0) is 16.8. The van der Waals surface area contributed by atoms with Gasteiger partial charge >= 0.3 is 0 Å². The number of carbonyl (C=O) groups is 1. The van der Waals surface area contributed by atoms with Crippen molar-refractivity contribution in [1.82, 2.24) is 4.98 Å². The first kappa shape index (κ1) is 14.2. The summed E-state index contributed by atoms with van der Waals surface area (Å²) in [6.07, 6.45) is 1.78. The van der Waals surface area contributed by atoms with Gasteiger partial charge in [-0.1, -0.05) is 30.3 Å². The predicted molar refractivity (Wildman–Crippen MR) is 100 cm³/mol. The third kappa shape index (κ3) is 2.37. The van der Waals surface area contributed by atoms with Crippen LogP contribution in [0.3, 0.4) is 0 Å². The van der Waals surface area contributed by atoms with E-state index >= 15 is 0 Å². The smallest absolute Gasteiger partial charge is 0.256 e. The first-order valence-corrected chi connectivity index (χ1v) is 8.68. The number of para-hydroxylation sites is 2. The van der Waals surface area contributed by atoms with Gasteiger partial charge in [-0.2, -0.15) is 0 Å². The Labute approximate surface area is 147 Å². The number of thiazole rings is 1. The Morgan fingerprint density at radius 2 is 1.84 bits per heavy atom. The van der Waals surface area contributed by atoms with Crippen LogP contribution < -0.4 is 5.32 Å². The highest BCUT2D eigenvalue weighted by Gasteiger charge is 2.23. The summed E-state index contributed by atoms with van der Waals surface area (Å²) >= 11 is 1.59. The summed E-state index contributed by atoms with van der Waals surface area (Å²) in [6, 6.07) is 19.4. The molecule has 1 aliphatic rings. The lowest BCUT2D eigenvalue weighted by molar-refractivity contribution is -0.110. The lowest BCUT2D eigenvalue weighted by atomic mass is 10.1.